The van der Waals surface area contributed by atoms with Crippen LogP contribution in [0.3, 0.4) is 0 Å². The maximum atomic E-state index is 12.2. The number of carbonyl (C=O) groups excluding carboxylic acids is 1. The minimum absolute atomic E-state index is 0.501. The van der Waals surface area contributed by atoms with Gasteiger partial charge in [0.2, 0.25) is 0 Å². The van der Waals surface area contributed by atoms with E-state index < -0.39 is 30.3 Å². The smallest absolute Gasteiger partial charge is 0.439 e. The van der Waals surface area contributed by atoms with E-state index in [1.54, 1.807) is 0 Å². The van der Waals surface area contributed by atoms with E-state index in [2.05, 4.69) is 4.74 Å². The van der Waals surface area contributed by atoms with Crippen molar-refractivity contribution in [1.29, 1.82) is 0 Å². The Morgan fingerprint density at radius 1 is 1.40 bits per heavy atom. The number of carbonyl (C=O) groups is 2. The van der Waals surface area contributed by atoms with Crippen LogP contribution in [0.25, 0.3) is 0 Å². The Bertz CT molecular complexity index is 289. The van der Waals surface area contributed by atoms with Gasteiger partial charge < -0.3 is 9.84 Å². The van der Waals surface area contributed by atoms with Gasteiger partial charge in [-0.2, -0.15) is 13.2 Å². The van der Waals surface area contributed by atoms with Gasteiger partial charge in [0.15, 0.2) is 0 Å². The Balaban J connectivity index is 5.46. The number of alkyl halides is 3. The standard InChI is InChI=1S/C6H6F3NO5/c1-2-15-4(13)5(10-14,3(11)12)6(7,8)9/h2H2,1H3,(H,11,12). The predicted octanol–water partition coefficient (Wildman–Crippen LogP) is 0.702. The van der Waals surface area contributed by atoms with Crippen molar-refractivity contribution in [2.75, 3.05) is 6.61 Å². The van der Waals surface area contributed by atoms with Crippen molar-refractivity contribution in [3.8, 4) is 0 Å². The first-order valence-electron chi connectivity index (χ1n) is 3.55. The monoisotopic (exact) mass is 229 g/mol. The Morgan fingerprint density at radius 2 is 1.87 bits per heavy atom. The second-order valence-electron chi connectivity index (χ2n) is 2.33. The van der Waals surface area contributed by atoms with Gasteiger partial charge in [-0.25, -0.2) is 9.59 Å². The Hall–Kier alpha value is -1.67. The summed E-state index contributed by atoms with van der Waals surface area (Å²) in [7, 11) is 0. The lowest BCUT2D eigenvalue weighted by Gasteiger charge is -2.21. The van der Waals surface area contributed by atoms with Gasteiger partial charge in [0.05, 0.1) is 6.61 Å². The molecule has 0 aliphatic rings. The van der Waals surface area contributed by atoms with Crippen LogP contribution in [-0.2, 0) is 14.3 Å². The first-order chi connectivity index (χ1) is 6.74. The molecule has 0 saturated carbocycles. The highest BCUT2D eigenvalue weighted by atomic mass is 19.4. The normalized spacial score (nSPS) is 15.2. The zero-order chi connectivity index (χ0) is 12.3. The largest absolute Gasteiger partial charge is 0.479 e. The number of rotatable bonds is 4. The molecule has 1 atom stereocenters. The van der Waals surface area contributed by atoms with Gasteiger partial charge >= 0.3 is 23.7 Å². The van der Waals surface area contributed by atoms with Crippen molar-refractivity contribution >= 4 is 11.9 Å². The topological polar surface area (TPSA) is 93.0 Å². The molecule has 0 heterocycles. The van der Waals surface area contributed by atoms with Crippen LogP contribution in [0.2, 0.25) is 0 Å². The van der Waals surface area contributed by atoms with E-state index in [0.717, 1.165) is 6.92 Å². The van der Waals surface area contributed by atoms with Crippen molar-refractivity contribution < 1.29 is 32.6 Å². The SMILES string of the molecule is CCOC(=O)C(N=O)(C(=O)O)C(F)(F)F. The molecular formula is C6H6F3NO5. The lowest BCUT2D eigenvalue weighted by atomic mass is 10.0. The molecule has 0 radical (unpaired) electrons. The van der Waals surface area contributed by atoms with Gasteiger partial charge in [-0.3, -0.25) is 0 Å². The number of nitrogens with zero attached hydrogens (tertiary/aromatic N) is 1. The second kappa shape index (κ2) is 4.24. The molecule has 0 bridgehead atoms. The Labute approximate surface area is 81.0 Å². The molecule has 0 aliphatic heterocycles. The highest BCUT2D eigenvalue weighted by molar-refractivity contribution is 6.05. The van der Waals surface area contributed by atoms with Crippen LogP contribution in [0, 0.1) is 4.91 Å². The molecule has 0 spiro atoms. The van der Waals surface area contributed by atoms with Crippen LogP contribution in [0.15, 0.2) is 5.18 Å². The number of hydrogen-bond acceptors (Lipinski definition) is 5. The number of esters is 1. The third kappa shape index (κ3) is 2.05. The maximum Gasteiger partial charge on any atom is 0.439 e. The van der Waals surface area contributed by atoms with Gasteiger partial charge in [-0.05, 0) is 12.1 Å². The van der Waals surface area contributed by atoms with Crippen molar-refractivity contribution in [1.82, 2.24) is 0 Å². The van der Waals surface area contributed by atoms with Gasteiger partial charge in [0.1, 0.15) is 0 Å². The summed E-state index contributed by atoms with van der Waals surface area (Å²) in [4.78, 5) is 31.0. The van der Waals surface area contributed by atoms with E-state index in [4.69, 9.17) is 5.11 Å². The van der Waals surface area contributed by atoms with E-state index in [-0.39, 0.29) is 0 Å². The number of nitroso groups, excluding NO2 is 1. The fraction of sp³-hybridized carbons (Fsp3) is 0.667. The van der Waals surface area contributed by atoms with Crippen LogP contribution in [0.5, 0.6) is 0 Å². The summed E-state index contributed by atoms with van der Waals surface area (Å²) in [6.07, 6.45) is -5.65. The summed E-state index contributed by atoms with van der Waals surface area (Å²) >= 11 is 0. The third-order valence-corrected chi connectivity index (χ3v) is 1.43. The van der Waals surface area contributed by atoms with E-state index in [0.29, 0.717) is 0 Å². The molecule has 86 valence electrons. The summed E-state index contributed by atoms with van der Waals surface area (Å²) in [5.74, 6) is -4.97. The summed E-state index contributed by atoms with van der Waals surface area (Å²) < 4.78 is 40.5. The van der Waals surface area contributed by atoms with Crippen molar-refractivity contribution in [3.05, 3.63) is 4.91 Å². The van der Waals surface area contributed by atoms with Gasteiger partial charge in [0, 0.05) is 0 Å². The number of carboxylic acid groups (broad SMARTS) is 1. The summed E-state index contributed by atoms with van der Waals surface area (Å²) in [6.45, 7) is 0.658. The molecule has 15 heavy (non-hydrogen) atoms. The number of halogens is 3. The third-order valence-electron chi connectivity index (χ3n) is 1.43. The lowest BCUT2D eigenvalue weighted by Crippen LogP contribution is -2.57. The summed E-state index contributed by atoms with van der Waals surface area (Å²) in [5, 5.41) is 9.60. The van der Waals surface area contributed by atoms with Gasteiger partial charge in [0.25, 0.3) is 0 Å². The predicted molar refractivity (Wildman–Crippen MR) is 38.8 cm³/mol. The minimum Gasteiger partial charge on any atom is -0.479 e. The highest BCUT2D eigenvalue weighted by Gasteiger charge is 2.70. The van der Waals surface area contributed by atoms with Crippen LogP contribution in [0.1, 0.15) is 6.92 Å². The molecular weight excluding hydrogens is 223 g/mol. The summed E-state index contributed by atoms with van der Waals surface area (Å²) in [6, 6.07) is 0. The lowest BCUT2D eigenvalue weighted by molar-refractivity contribution is -0.212. The highest BCUT2D eigenvalue weighted by Crippen LogP contribution is 2.35. The summed E-state index contributed by atoms with van der Waals surface area (Å²) in [5.41, 5.74) is -4.39. The molecule has 0 saturated heterocycles. The van der Waals surface area contributed by atoms with Crippen LogP contribution in [-0.4, -0.2) is 35.4 Å². The maximum absolute atomic E-state index is 12.2. The van der Waals surface area contributed by atoms with Crippen molar-refractivity contribution in [2.45, 2.75) is 18.6 Å². The molecule has 0 amide bonds. The molecule has 0 rings (SSSR count). The van der Waals surface area contributed by atoms with Gasteiger partial charge in [-0.1, -0.05) is 0 Å². The Morgan fingerprint density at radius 3 is 2.07 bits per heavy atom. The number of hydrogen-bond donors (Lipinski definition) is 1. The molecule has 9 heteroatoms. The Kier molecular flexibility index (Phi) is 3.76. The average Bonchev–Trinajstić information content (AvgIpc) is 2.02. The number of aliphatic carboxylic acids is 1. The number of carboxylic acids is 1. The molecule has 0 aromatic carbocycles. The minimum atomic E-state index is -5.65. The quantitative estimate of drug-likeness (QED) is 0.435. The van der Waals surface area contributed by atoms with Crippen LogP contribution in [0.4, 0.5) is 13.2 Å². The van der Waals surface area contributed by atoms with Crippen LogP contribution < -0.4 is 0 Å². The molecule has 1 N–H and O–H groups in total. The fourth-order valence-electron chi connectivity index (χ4n) is 0.688. The molecule has 0 aromatic rings. The number of ether oxygens (including phenoxy) is 1. The second-order valence-corrected chi connectivity index (χ2v) is 2.33. The van der Waals surface area contributed by atoms with Crippen molar-refractivity contribution in [3.63, 3.8) is 0 Å². The molecule has 0 fully saturated rings. The van der Waals surface area contributed by atoms with Crippen molar-refractivity contribution in [2.24, 2.45) is 5.18 Å². The van der Waals surface area contributed by atoms with Crippen LogP contribution >= 0.6 is 0 Å². The van der Waals surface area contributed by atoms with E-state index in [9.17, 15) is 27.7 Å². The van der Waals surface area contributed by atoms with E-state index in [1.807, 2.05) is 0 Å². The van der Waals surface area contributed by atoms with Gasteiger partial charge in [-0.15, -0.1) is 4.91 Å². The molecule has 6 nitrogen and oxygen atoms in total. The fourth-order valence-corrected chi connectivity index (χ4v) is 0.688. The zero-order valence-electron chi connectivity index (χ0n) is 7.37. The van der Waals surface area contributed by atoms with E-state index >= 15 is 0 Å². The molecule has 1 unspecified atom stereocenters. The molecule has 0 aromatic heterocycles. The molecule has 0 aliphatic carbocycles. The first-order valence-corrected chi connectivity index (χ1v) is 3.55. The van der Waals surface area contributed by atoms with E-state index in [1.165, 1.54) is 5.18 Å². The first kappa shape index (κ1) is 13.3. The average molecular weight is 229 g/mol. The zero-order valence-corrected chi connectivity index (χ0v) is 7.37.